The standard InChI is InChI=1S/C33H39F2N9O5S/c34-33(35)49-28-3-2-24(50)16-25(28)30-27(38-32(46)26-17-37-44-7-1-6-36-31(26)44)18-42(39-30)19-29(45)41-8-4-22(5-9-41)43(23-20-48-21-23)11-10-40-12-14-47-15-13-40/h1-3,6-7,16-18,22-23,33,50H,4-5,8-15,19-21H2,(H,38,46). The SMILES string of the molecule is O=C(Nc1cn(CC(=O)N2CCC(N(CCN3CCOCC3)C3COC3)CC2)nc1-c1cc(S)ccc1OC(F)F)c1cnn2cccnc12. The van der Waals surface area contributed by atoms with E-state index in [-0.39, 0.29) is 40.7 Å². The molecule has 0 aliphatic carbocycles. The van der Waals surface area contributed by atoms with Crippen molar-refractivity contribution in [3.05, 3.63) is 54.6 Å². The van der Waals surface area contributed by atoms with E-state index in [1.807, 2.05) is 4.90 Å². The maximum Gasteiger partial charge on any atom is 0.387 e. The number of carbonyl (C=O) groups is 2. The summed E-state index contributed by atoms with van der Waals surface area (Å²) in [6.45, 7) is 4.80. The molecule has 3 aromatic heterocycles. The molecule has 2 amide bonds. The number of rotatable bonds is 12. The fourth-order valence-electron chi connectivity index (χ4n) is 6.72. The largest absolute Gasteiger partial charge is 0.434 e. The Labute approximate surface area is 292 Å². The highest BCUT2D eigenvalue weighted by molar-refractivity contribution is 7.80. The monoisotopic (exact) mass is 711 g/mol. The Kier molecular flexibility index (Phi) is 10.6. The molecule has 1 N–H and O–H groups in total. The first-order valence-electron chi connectivity index (χ1n) is 16.7. The smallest absolute Gasteiger partial charge is 0.387 e. The molecule has 0 bridgehead atoms. The molecular formula is C33H39F2N9O5S. The van der Waals surface area contributed by atoms with E-state index < -0.39 is 12.5 Å². The number of ether oxygens (including phenoxy) is 3. The Hall–Kier alpha value is -4.16. The van der Waals surface area contributed by atoms with E-state index in [1.54, 1.807) is 18.5 Å². The number of morpholine rings is 1. The highest BCUT2D eigenvalue weighted by atomic mass is 32.1. The molecule has 4 aromatic rings. The predicted molar refractivity (Wildman–Crippen MR) is 181 cm³/mol. The van der Waals surface area contributed by atoms with Crippen LogP contribution in [0.1, 0.15) is 23.2 Å². The van der Waals surface area contributed by atoms with Gasteiger partial charge < -0.3 is 24.4 Å². The summed E-state index contributed by atoms with van der Waals surface area (Å²) in [5, 5.41) is 11.6. The summed E-state index contributed by atoms with van der Waals surface area (Å²) in [6, 6.07) is 6.82. The van der Waals surface area contributed by atoms with Crippen molar-refractivity contribution in [2.75, 3.05) is 71.0 Å². The fourth-order valence-corrected chi connectivity index (χ4v) is 6.92. The van der Waals surface area contributed by atoms with Gasteiger partial charge in [0.2, 0.25) is 5.91 Å². The minimum absolute atomic E-state index is 0.116. The van der Waals surface area contributed by atoms with Gasteiger partial charge in [0, 0.05) is 74.4 Å². The number of likely N-dealkylation sites (tertiary alicyclic amines) is 1. The summed E-state index contributed by atoms with van der Waals surface area (Å²) in [7, 11) is 0. The lowest BCUT2D eigenvalue weighted by Gasteiger charge is -2.46. The molecule has 0 unspecified atom stereocenters. The summed E-state index contributed by atoms with van der Waals surface area (Å²) >= 11 is 4.39. The van der Waals surface area contributed by atoms with Crippen molar-refractivity contribution < 1.29 is 32.6 Å². The van der Waals surface area contributed by atoms with Gasteiger partial charge >= 0.3 is 6.61 Å². The van der Waals surface area contributed by atoms with Gasteiger partial charge in [-0.25, -0.2) is 9.50 Å². The zero-order valence-corrected chi connectivity index (χ0v) is 28.3. The van der Waals surface area contributed by atoms with Crippen molar-refractivity contribution in [3.8, 4) is 17.0 Å². The number of benzene rings is 1. The third-order valence-electron chi connectivity index (χ3n) is 9.42. The van der Waals surface area contributed by atoms with Crippen LogP contribution in [0.2, 0.25) is 0 Å². The van der Waals surface area contributed by atoms with Gasteiger partial charge in [-0.15, -0.1) is 12.6 Å². The second kappa shape index (κ2) is 15.4. The van der Waals surface area contributed by atoms with Gasteiger partial charge in [-0.2, -0.15) is 19.0 Å². The number of fused-ring (bicyclic) bond motifs is 1. The molecule has 3 aliphatic rings. The second-order valence-electron chi connectivity index (χ2n) is 12.5. The molecule has 17 heteroatoms. The first-order chi connectivity index (χ1) is 24.3. The summed E-state index contributed by atoms with van der Waals surface area (Å²) in [5.41, 5.74) is 1.03. The lowest BCUT2D eigenvalue weighted by Crippen LogP contribution is -2.58. The normalized spacial score (nSPS) is 17.8. The molecule has 0 saturated carbocycles. The van der Waals surface area contributed by atoms with Crippen LogP contribution in [0.5, 0.6) is 5.75 Å². The van der Waals surface area contributed by atoms with E-state index in [9.17, 15) is 18.4 Å². The van der Waals surface area contributed by atoms with E-state index in [4.69, 9.17) is 14.2 Å². The molecule has 14 nitrogen and oxygen atoms in total. The van der Waals surface area contributed by atoms with Crippen LogP contribution in [-0.4, -0.2) is 135 Å². The molecule has 0 atom stereocenters. The van der Waals surface area contributed by atoms with Crippen molar-refractivity contribution in [1.82, 2.24) is 39.1 Å². The van der Waals surface area contributed by atoms with Crippen LogP contribution in [0.25, 0.3) is 16.9 Å². The molecule has 1 aromatic carbocycles. The zero-order valence-electron chi connectivity index (χ0n) is 27.4. The Morgan fingerprint density at radius 1 is 1.10 bits per heavy atom. The topological polar surface area (TPSA) is 132 Å². The van der Waals surface area contributed by atoms with E-state index in [0.717, 1.165) is 65.4 Å². The Balaban J connectivity index is 1.07. The highest BCUT2D eigenvalue weighted by Gasteiger charge is 2.35. The van der Waals surface area contributed by atoms with E-state index in [1.165, 1.54) is 39.8 Å². The molecule has 3 aliphatic heterocycles. The Bertz CT molecular complexity index is 1800. The van der Waals surface area contributed by atoms with Crippen LogP contribution in [0, 0.1) is 0 Å². The third-order valence-corrected chi connectivity index (χ3v) is 9.70. The van der Waals surface area contributed by atoms with E-state index >= 15 is 0 Å². The van der Waals surface area contributed by atoms with Crippen molar-refractivity contribution >= 4 is 35.8 Å². The van der Waals surface area contributed by atoms with Crippen molar-refractivity contribution in [2.45, 2.75) is 43.0 Å². The number of aromatic nitrogens is 5. The lowest BCUT2D eigenvalue weighted by molar-refractivity contribution is -0.135. The van der Waals surface area contributed by atoms with Gasteiger partial charge in [0.15, 0.2) is 5.65 Å². The lowest BCUT2D eigenvalue weighted by atomic mass is 10.00. The van der Waals surface area contributed by atoms with Gasteiger partial charge in [-0.3, -0.25) is 24.1 Å². The number of thiol groups is 1. The maximum atomic E-state index is 13.6. The number of anilines is 1. The number of nitrogens with one attached hydrogen (secondary N) is 1. The number of hydrogen-bond donors (Lipinski definition) is 2. The number of amides is 2. The number of carbonyl (C=O) groups excluding carboxylic acids is 2. The Morgan fingerprint density at radius 2 is 1.90 bits per heavy atom. The van der Waals surface area contributed by atoms with Crippen molar-refractivity contribution in [1.29, 1.82) is 0 Å². The van der Waals surface area contributed by atoms with E-state index in [2.05, 4.69) is 42.9 Å². The minimum Gasteiger partial charge on any atom is -0.434 e. The molecular weight excluding hydrogens is 672 g/mol. The Morgan fingerprint density at radius 3 is 2.64 bits per heavy atom. The molecule has 0 radical (unpaired) electrons. The first-order valence-corrected chi connectivity index (χ1v) is 17.1. The predicted octanol–water partition coefficient (Wildman–Crippen LogP) is 2.76. The van der Waals surface area contributed by atoms with Gasteiger partial charge in [-0.1, -0.05) is 0 Å². The number of alkyl halides is 2. The first kappa shape index (κ1) is 34.3. The quantitative estimate of drug-likeness (QED) is 0.212. The molecule has 7 rings (SSSR count). The van der Waals surface area contributed by atoms with Crippen LogP contribution < -0.4 is 10.1 Å². The van der Waals surface area contributed by atoms with Crippen LogP contribution in [-0.2, 0) is 20.8 Å². The summed E-state index contributed by atoms with van der Waals surface area (Å²) in [4.78, 5) is 38.6. The summed E-state index contributed by atoms with van der Waals surface area (Å²) in [6.07, 6.45) is 7.78. The van der Waals surface area contributed by atoms with Gasteiger partial charge in [0.25, 0.3) is 5.91 Å². The average molecular weight is 712 g/mol. The number of nitrogens with zero attached hydrogens (tertiary/aromatic N) is 8. The molecule has 50 heavy (non-hydrogen) atoms. The van der Waals surface area contributed by atoms with Crippen molar-refractivity contribution in [2.24, 2.45) is 0 Å². The zero-order chi connectivity index (χ0) is 34.6. The third kappa shape index (κ3) is 7.76. The molecule has 266 valence electrons. The minimum atomic E-state index is -3.10. The average Bonchev–Trinajstić information content (AvgIpc) is 3.71. The van der Waals surface area contributed by atoms with E-state index in [0.29, 0.717) is 35.7 Å². The number of halogens is 2. The second-order valence-corrected chi connectivity index (χ2v) is 13.1. The van der Waals surface area contributed by atoms with Crippen LogP contribution >= 0.6 is 12.6 Å². The van der Waals surface area contributed by atoms with Crippen LogP contribution in [0.4, 0.5) is 14.5 Å². The molecule has 3 fully saturated rings. The number of piperidine rings is 1. The van der Waals surface area contributed by atoms with Crippen LogP contribution in [0.15, 0.2) is 53.9 Å². The number of hydrogen-bond acceptors (Lipinski definition) is 11. The highest BCUT2D eigenvalue weighted by Crippen LogP contribution is 2.37. The van der Waals surface area contributed by atoms with Gasteiger partial charge in [0.05, 0.1) is 44.4 Å². The van der Waals surface area contributed by atoms with Crippen molar-refractivity contribution in [3.63, 3.8) is 0 Å². The summed E-state index contributed by atoms with van der Waals surface area (Å²) < 4.78 is 45.5. The van der Waals surface area contributed by atoms with Crippen LogP contribution in [0.3, 0.4) is 0 Å². The van der Waals surface area contributed by atoms with Gasteiger partial charge in [0.1, 0.15) is 23.6 Å². The fraction of sp³-hybridized carbons (Fsp3) is 0.485. The summed E-state index contributed by atoms with van der Waals surface area (Å²) in [5.74, 6) is -0.832. The maximum absolute atomic E-state index is 13.6. The molecule has 3 saturated heterocycles. The van der Waals surface area contributed by atoms with Gasteiger partial charge in [-0.05, 0) is 37.1 Å². The molecule has 0 spiro atoms. The molecule has 6 heterocycles.